The molecule has 0 aliphatic carbocycles. The Morgan fingerprint density at radius 2 is 1.48 bits per heavy atom. The fourth-order valence-electron chi connectivity index (χ4n) is 2.90. The molecule has 0 bridgehead atoms. The molecular weight excluding hydrogens is 340 g/mol. The third-order valence-electron chi connectivity index (χ3n) is 4.37. The molecule has 1 aromatic heterocycles. The van der Waals surface area contributed by atoms with E-state index in [0.717, 1.165) is 11.1 Å². The molecular formula is C22H22N2O3. The van der Waals surface area contributed by atoms with E-state index in [9.17, 15) is 9.59 Å². The van der Waals surface area contributed by atoms with E-state index in [-0.39, 0.29) is 17.6 Å². The summed E-state index contributed by atoms with van der Waals surface area (Å²) >= 11 is 0. The van der Waals surface area contributed by atoms with Crippen molar-refractivity contribution in [2.75, 3.05) is 6.54 Å². The monoisotopic (exact) mass is 362 g/mol. The van der Waals surface area contributed by atoms with Gasteiger partial charge in [0.05, 0.1) is 6.26 Å². The van der Waals surface area contributed by atoms with Crippen molar-refractivity contribution in [2.24, 2.45) is 0 Å². The molecule has 5 nitrogen and oxygen atoms in total. The van der Waals surface area contributed by atoms with Crippen molar-refractivity contribution in [3.8, 4) is 0 Å². The van der Waals surface area contributed by atoms with Crippen LogP contribution in [0.4, 0.5) is 0 Å². The van der Waals surface area contributed by atoms with Crippen LogP contribution in [0.2, 0.25) is 0 Å². The Morgan fingerprint density at radius 1 is 0.889 bits per heavy atom. The van der Waals surface area contributed by atoms with Crippen LogP contribution in [0.3, 0.4) is 0 Å². The van der Waals surface area contributed by atoms with Crippen molar-refractivity contribution >= 4 is 11.8 Å². The molecule has 3 rings (SSSR count). The predicted octanol–water partition coefficient (Wildman–Crippen LogP) is 3.35. The molecule has 138 valence electrons. The Bertz CT molecular complexity index is 822. The van der Waals surface area contributed by atoms with Crippen LogP contribution in [0, 0.1) is 0 Å². The molecule has 1 heterocycles. The van der Waals surface area contributed by atoms with Gasteiger partial charge in [0.15, 0.2) is 5.76 Å². The number of rotatable bonds is 7. The van der Waals surface area contributed by atoms with E-state index in [0.29, 0.717) is 6.54 Å². The van der Waals surface area contributed by atoms with Gasteiger partial charge in [0.1, 0.15) is 6.04 Å². The van der Waals surface area contributed by atoms with E-state index in [4.69, 9.17) is 4.42 Å². The molecule has 5 heteroatoms. The highest BCUT2D eigenvalue weighted by Gasteiger charge is 2.20. The van der Waals surface area contributed by atoms with Crippen LogP contribution < -0.4 is 10.6 Å². The summed E-state index contributed by atoms with van der Waals surface area (Å²) in [6.07, 6.45) is 1.42. The van der Waals surface area contributed by atoms with Crippen LogP contribution in [0.25, 0.3) is 0 Å². The molecule has 0 radical (unpaired) electrons. The third kappa shape index (κ3) is 4.85. The summed E-state index contributed by atoms with van der Waals surface area (Å²) in [5, 5.41) is 5.59. The Balaban J connectivity index is 1.64. The van der Waals surface area contributed by atoms with E-state index in [1.54, 1.807) is 19.1 Å². The average Bonchev–Trinajstić information content (AvgIpc) is 3.24. The lowest BCUT2D eigenvalue weighted by Gasteiger charge is -2.20. The molecule has 0 aliphatic rings. The second-order valence-electron chi connectivity index (χ2n) is 6.29. The summed E-state index contributed by atoms with van der Waals surface area (Å²) in [7, 11) is 0. The first-order valence-corrected chi connectivity index (χ1v) is 8.87. The SMILES string of the molecule is CC(NC(=O)c1ccco1)C(=O)NCC(c1ccccc1)c1ccccc1. The number of carbonyl (C=O) groups excluding carboxylic acids is 2. The highest BCUT2D eigenvalue weighted by molar-refractivity contribution is 5.95. The molecule has 0 fully saturated rings. The molecule has 2 aromatic carbocycles. The normalized spacial score (nSPS) is 11.8. The van der Waals surface area contributed by atoms with Crippen LogP contribution in [0.1, 0.15) is 34.5 Å². The van der Waals surface area contributed by atoms with Gasteiger partial charge < -0.3 is 15.1 Å². The smallest absolute Gasteiger partial charge is 0.287 e. The summed E-state index contributed by atoms with van der Waals surface area (Å²) in [6, 6.07) is 22.6. The van der Waals surface area contributed by atoms with Gasteiger partial charge >= 0.3 is 0 Å². The minimum atomic E-state index is -0.671. The Kier molecular flexibility index (Phi) is 6.05. The zero-order valence-corrected chi connectivity index (χ0v) is 15.1. The van der Waals surface area contributed by atoms with Gasteiger partial charge in [0, 0.05) is 12.5 Å². The molecule has 2 N–H and O–H groups in total. The maximum atomic E-state index is 12.5. The summed E-state index contributed by atoms with van der Waals surface area (Å²) in [5.41, 5.74) is 2.24. The van der Waals surface area contributed by atoms with Gasteiger partial charge in [-0.2, -0.15) is 0 Å². The van der Waals surface area contributed by atoms with Gasteiger partial charge in [-0.05, 0) is 30.2 Å². The number of hydrogen-bond donors (Lipinski definition) is 2. The number of carbonyl (C=O) groups is 2. The lowest BCUT2D eigenvalue weighted by atomic mass is 9.91. The first-order chi connectivity index (χ1) is 13.1. The fourth-order valence-corrected chi connectivity index (χ4v) is 2.90. The van der Waals surface area contributed by atoms with Crippen LogP contribution >= 0.6 is 0 Å². The van der Waals surface area contributed by atoms with Gasteiger partial charge in [-0.3, -0.25) is 9.59 Å². The van der Waals surface area contributed by atoms with Crippen molar-refractivity contribution in [3.63, 3.8) is 0 Å². The quantitative estimate of drug-likeness (QED) is 0.677. The van der Waals surface area contributed by atoms with E-state index in [1.165, 1.54) is 6.26 Å². The van der Waals surface area contributed by atoms with Gasteiger partial charge in [-0.1, -0.05) is 60.7 Å². The molecule has 1 unspecified atom stereocenters. The highest BCUT2D eigenvalue weighted by atomic mass is 16.3. The van der Waals surface area contributed by atoms with Gasteiger partial charge in [0.25, 0.3) is 5.91 Å². The summed E-state index contributed by atoms with van der Waals surface area (Å²) < 4.78 is 5.05. The van der Waals surface area contributed by atoms with E-state index >= 15 is 0 Å². The van der Waals surface area contributed by atoms with Crippen molar-refractivity contribution in [1.82, 2.24) is 10.6 Å². The van der Waals surface area contributed by atoms with E-state index < -0.39 is 11.9 Å². The fraction of sp³-hybridized carbons (Fsp3) is 0.182. The highest BCUT2D eigenvalue weighted by Crippen LogP contribution is 2.23. The van der Waals surface area contributed by atoms with Gasteiger partial charge in [-0.25, -0.2) is 0 Å². The van der Waals surface area contributed by atoms with Crippen LogP contribution in [0.5, 0.6) is 0 Å². The largest absolute Gasteiger partial charge is 0.459 e. The second-order valence-corrected chi connectivity index (χ2v) is 6.29. The molecule has 0 spiro atoms. The van der Waals surface area contributed by atoms with Crippen molar-refractivity contribution in [3.05, 3.63) is 95.9 Å². The lowest BCUT2D eigenvalue weighted by molar-refractivity contribution is -0.122. The number of amides is 2. The number of benzene rings is 2. The summed E-state index contributed by atoms with van der Waals surface area (Å²) in [4.78, 5) is 24.5. The Morgan fingerprint density at radius 3 is 2.00 bits per heavy atom. The van der Waals surface area contributed by atoms with Crippen LogP contribution in [-0.2, 0) is 4.79 Å². The van der Waals surface area contributed by atoms with Crippen molar-refractivity contribution in [1.29, 1.82) is 0 Å². The minimum absolute atomic E-state index is 0.0318. The molecule has 2 amide bonds. The molecule has 3 aromatic rings. The number of nitrogens with one attached hydrogen (secondary N) is 2. The second kappa shape index (κ2) is 8.85. The molecule has 0 saturated heterocycles. The number of hydrogen-bond acceptors (Lipinski definition) is 3. The predicted molar refractivity (Wildman–Crippen MR) is 103 cm³/mol. The maximum absolute atomic E-state index is 12.5. The minimum Gasteiger partial charge on any atom is -0.459 e. The van der Waals surface area contributed by atoms with Crippen LogP contribution in [-0.4, -0.2) is 24.4 Å². The van der Waals surface area contributed by atoms with Crippen molar-refractivity contribution < 1.29 is 14.0 Å². The first-order valence-electron chi connectivity index (χ1n) is 8.87. The molecule has 0 aliphatic heterocycles. The zero-order chi connectivity index (χ0) is 19.1. The molecule has 27 heavy (non-hydrogen) atoms. The standard InChI is InChI=1S/C22H22N2O3/c1-16(24-22(26)20-13-8-14-27-20)21(25)23-15-19(17-9-4-2-5-10-17)18-11-6-3-7-12-18/h2-14,16,19H,15H2,1H3,(H,23,25)(H,24,26). The lowest BCUT2D eigenvalue weighted by Crippen LogP contribution is -2.45. The molecule has 1 atom stereocenters. The van der Waals surface area contributed by atoms with E-state index in [1.807, 2.05) is 60.7 Å². The summed E-state index contributed by atoms with van der Waals surface area (Å²) in [5.74, 6) is -0.442. The average molecular weight is 362 g/mol. The Labute approximate surface area is 158 Å². The first kappa shape index (κ1) is 18.5. The van der Waals surface area contributed by atoms with Gasteiger partial charge in [0.2, 0.25) is 5.91 Å². The van der Waals surface area contributed by atoms with Crippen LogP contribution in [0.15, 0.2) is 83.5 Å². The zero-order valence-electron chi connectivity index (χ0n) is 15.1. The topological polar surface area (TPSA) is 71.3 Å². The summed E-state index contributed by atoms with van der Waals surface area (Å²) in [6.45, 7) is 2.09. The Hall–Kier alpha value is -3.34. The molecule has 0 saturated carbocycles. The number of furan rings is 1. The van der Waals surface area contributed by atoms with Crippen molar-refractivity contribution in [2.45, 2.75) is 18.9 Å². The maximum Gasteiger partial charge on any atom is 0.287 e. The van der Waals surface area contributed by atoms with Gasteiger partial charge in [-0.15, -0.1) is 0 Å². The van der Waals surface area contributed by atoms with E-state index in [2.05, 4.69) is 10.6 Å². The third-order valence-corrected chi connectivity index (χ3v) is 4.37.